The summed E-state index contributed by atoms with van der Waals surface area (Å²) in [6.07, 6.45) is 0.550. The van der Waals surface area contributed by atoms with Crippen LogP contribution >= 0.6 is 0 Å². The molecule has 0 N–H and O–H groups in total. The van der Waals surface area contributed by atoms with E-state index in [0.29, 0.717) is 11.8 Å². The minimum Gasteiger partial charge on any atom is -0.302 e. The van der Waals surface area contributed by atoms with Crippen LogP contribution in [0.25, 0.3) is 0 Å². The van der Waals surface area contributed by atoms with Crippen molar-refractivity contribution < 1.29 is 13.6 Å². The first-order valence-corrected chi connectivity index (χ1v) is 4.31. The molecule has 0 atom stereocenters. The zero-order chi connectivity index (χ0) is 10.9. The van der Waals surface area contributed by atoms with Gasteiger partial charge in [-0.25, -0.2) is 8.78 Å². The summed E-state index contributed by atoms with van der Waals surface area (Å²) in [5.74, 6) is -1.31. The number of hydrogen-bond acceptors (Lipinski definition) is 1. The van der Waals surface area contributed by atoms with Crippen molar-refractivity contribution in [1.82, 2.24) is 0 Å². The van der Waals surface area contributed by atoms with Gasteiger partial charge in [0, 0.05) is 5.56 Å². The van der Waals surface area contributed by atoms with E-state index in [1.54, 1.807) is 6.92 Å². The van der Waals surface area contributed by atoms with Crippen LogP contribution in [0.4, 0.5) is 8.78 Å². The Balaban J connectivity index is 3.47. The molecule has 1 aromatic rings. The van der Waals surface area contributed by atoms with E-state index in [2.05, 4.69) is 0 Å². The van der Waals surface area contributed by atoms with E-state index in [4.69, 9.17) is 0 Å². The van der Waals surface area contributed by atoms with Crippen molar-refractivity contribution in [2.24, 2.45) is 0 Å². The Morgan fingerprint density at radius 1 is 1.29 bits per heavy atom. The van der Waals surface area contributed by atoms with Crippen molar-refractivity contribution in [3.63, 3.8) is 0 Å². The molecular formula is C11H12F2O. The first-order valence-electron chi connectivity index (χ1n) is 4.31. The molecule has 0 saturated heterocycles. The van der Waals surface area contributed by atoms with Gasteiger partial charge in [-0.1, -0.05) is 6.07 Å². The SMILES string of the molecule is Cc1ccc(F)c(C(C)(C)C=O)c1F. The highest BCUT2D eigenvalue weighted by Gasteiger charge is 2.28. The molecule has 0 bridgehead atoms. The Labute approximate surface area is 81.7 Å². The number of carbonyl (C=O) groups is 1. The van der Waals surface area contributed by atoms with Crippen molar-refractivity contribution in [2.45, 2.75) is 26.2 Å². The van der Waals surface area contributed by atoms with Crippen LogP contribution in [-0.4, -0.2) is 6.29 Å². The van der Waals surface area contributed by atoms with E-state index in [9.17, 15) is 13.6 Å². The van der Waals surface area contributed by atoms with Gasteiger partial charge in [0.15, 0.2) is 0 Å². The molecule has 0 amide bonds. The third kappa shape index (κ3) is 1.67. The Kier molecular flexibility index (Phi) is 2.69. The monoisotopic (exact) mass is 198 g/mol. The largest absolute Gasteiger partial charge is 0.302 e. The van der Waals surface area contributed by atoms with Crippen LogP contribution in [0.2, 0.25) is 0 Å². The van der Waals surface area contributed by atoms with Gasteiger partial charge in [0.05, 0.1) is 5.41 Å². The lowest BCUT2D eigenvalue weighted by atomic mass is 9.84. The summed E-state index contributed by atoms with van der Waals surface area (Å²) in [7, 11) is 0. The molecule has 0 heterocycles. The Morgan fingerprint density at radius 2 is 1.86 bits per heavy atom. The van der Waals surface area contributed by atoms with Crippen LogP contribution in [0.3, 0.4) is 0 Å². The van der Waals surface area contributed by atoms with E-state index in [-0.39, 0.29) is 5.56 Å². The summed E-state index contributed by atoms with van der Waals surface area (Å²) in [6.45, 7) is 4.51. The van der Waals surface area contributed by atoms with E-state index in [1.165, 1.54) is 26.0 Å². The number of benzene rings is 1. The molecule has 1 nitrogen and oxygen atoms in total. The maximum atomic E-state index is 13.5. The predicted octanol–water partition coefficient (Wildman–Crippen LogP) is 2.75. The average molecular weight is 198 g/mol. The topological polar surface area (TPSA) is 17.1 Å². The van der Waals surface area contributed by atoms with E-state index in [0.717, 1.165) is 0 Å². The number of halogens is 2. The van der Waals surface area contributed by atoms with Crippen LogP contribution in [0, 0.1) is 18.6 Å². The molecule has 0 saturated carbocycles. The molecule has 0 radical (unpaired) electrons. The zero-order valence-electron chi connectivity index (χ0n) is 8.40. The average Bonchev–Trinajstić information content (AvgIpc) is 2.12. The maximum absolute atomic E-state index is 13.5. The van der Waals surface area contributed by atoms with Crippen LogP contribution in [0.5, 0.6) is 0 Å². The number of rotatable bonds is 2. The molecule has 0 fully saturated rings. The smallest absolute Gasteiger partial charge is 0.133 e. The number of aryl methyl sites for hydroxylation is 1. The Hall–Kier alpha value is -1.25. The first-order chi connectivity index (χ1) is 6.40. The minimum absolute atomic E-state index is 0.160. The Morgan fingerprint density at radius 3 is 2.36 bits per heavy atom. The minimum atomic E-state index is -1.12. The van der Waals surface area contributed by atoms with Crippen molar-refractivity contribution in [3.8, 4) is 0 Å². The van der Waals surface area contributed by atoms with Crippen LogP contribution < -0.4 is 0 Å². The Bertz CT molecular complexity index is 370. The van der Waals surface area contributed by atoms with Crippen LogP contribution in [0.1, 0.15) is 25.0 Å². The lowest BCUT2D eigenvalue weighted by Crippen LogP contribution is -2.23. The molecule has 1 rings (SSSR count). The molecule has 0 aliphatic carbocycles. The molecule has 0 aromatic heterocycles. The van der Waals surface area contributed by atoms with Crippen molar-refractivity contribution >= 4 is 6.29 Å². The summed E-state index contributed by atoms with van der Waals surface area (Å²) in [4.78, 5) is 10.7. The number of hydrogen-bond donors (Lipinski definition) is 0. The standard InChI is InChI=1S/C11H12F2O/c1-7-4-5-8(12)9(10(7)13)11(2,3)6-14/h4-6H,1-3H3. The van der Waals surface area contributed by atoms with Gasteiger partial charge in [-0.05, 0) is 32.4 Å². The number of carbonyl (C=O) groups excluding carboxylic acids is 1. The van der Waals surface area contributed by atoms with E-state index in [1.807, 2.05) is 0 Å². The third-order valence-electron chi connectivity index (χ3n) is 2.22. The van der Waals surface area contributed by atoms with Crippen molar-refractivity contribution in [3.05, 3.63) is 34.9 Å². The summed E-state index contributed by atoms with van der Waals surface area (Å²) in [5.41, 5.74) is -0.941. The summed E-state index contributed by atoms with van der Waals surface area (Å²) in [5, 5.41) is 0. The lowest BCUT2D eigenvalue weighted by molar-refractivity contribution is -0.111. The van der Waals surface area contributed by atoms with Crippen molar-refractivity contribution in [2.75, 3.05) is 0 Å². The first kappa shape index (κ1) is 10.8. The highest BCUT2D eigenvalue weighted by atomic mass is 19.1. The van der Waals surface area contributed by atoms with Gasteiger partial charge in [-0.3, -0.25) is 0 Å². The molecule has 76 valence electrons. The fraction of sp³-hybridized carbons (Fsp3) is 0.364. The zero-order valence-corrected chi connectivity index (χ0v) is 8.40. The van der Waals surface area contributed by atoms with Crippen LogP contribution in [0.15, 0.2) is 12.1 Å². The highest BCUT2D eigenvalue weighted by Crippen LogP contribution is 2.28. The van der Waals surface area contributed by atoms with Crippen molar-refractivity contribution in [1.29, 1.82) is 0 Å². The summed E-state index contributed by atoms with van der Waals surface area (Å²) < 4.78 is 26.9. The van der Waals surface area contributed by atoms with E-state index < -0.39 is 17.0 Å². The fourth-order valence-electron chi connectivity index (χ4n) is 1.31. The fourth-order valence-corrected chi connectivity index (χ4v) is 1.31. The van der Waals surface area contributed by atoms with Gasteiger partial charge in [-0.2, -0.15) is 0 Å². The molecule has 3 heteroatoms. The second kappa shape index (κ2) is 3.48. The maximum Gasteiger partial charge on any atom is 0.133 e. The van der Waals surface area contributed by atoms with Crippen LogP contribution in [-0.2, 0) is 10.2 Å². The van der Waals surface area contributed by atoms with Gasteiger partial charge in [0.25, 0.3) is 0 Å². The molecule has 0 aliphatic heterocycles. The highest BCUT2D eigenvalue weighted by molar-refractivity contribution is 5.67. The molecule has 0 unspecified atom stereocenters. The van der Waals surface area contributed by atoms with Gasteiger partial charge >= 0.3 is 0 Å². The van der Waals surface area contributed by atoms with Gasteiger partial charge < -0.3 is 4.79 Å². The summed E-state index contributed by atoms with van der Waals surface area (Å²) in [6, 6.07) is 2.54. The second-order valence-corrected chi connectivity index (χ2v) is 3.89. The second-order valence-electron chi connectivity index (χ2n) is 3.89. The van der Waals surface area contributed by atoms with Gasteiger partial charge in [-0.15, -0.1) is 0 Å². The normalized spacial score (nSPS) is 11.5. The molecular weight excluding hydrogens is 186 g/mol. The van der Waals surface area contributed by atoms with Gasteiger partial charge in [0.1, 0.15) is 17.9 Å². The van der Waals surface area contributed by atoms with Gasteiger partial charge in [0.2, 0.25) is 0 Å². The molecule has 14 heavy (non-hydrogen) atoms. The summed E-state index contributed by atoms with van der Waals surface area (Å²) >= 11 is 0. The van der Waals surface area contributed by atoms with E-state index >= 15 is 0 Å². The third-order valence-corrected chi connectivity index (χ3v) is 2.22. The number of aldehydes is 1. The molecule has 0 aliphatic rings. The molecule has 0 spiro atoms. The predicted molar refractivity (Wildman–Crippen MR) is 50.2 cm³/mol. The quantitative estimate of drug-likeness (QED) is 0.668. The molecule has 1 aromatic carbocycles. The lowest BCUT2D eigenvalue weighted by Gasteiger charge is -2.19.